The number of morpholine rings is 1. The van der Waals surface area contributed by atoms with Crippen molar-refractivity contribution in [3.8, 4) is 11.6 Å². The van der Waals surface area contributed by atoms with Crippen LogP contribution in [0.3, 0.4) is 0 Å². The van der Waals surface area contributed by atoms with E-state index < -0.39 is 0 Å². The number of benzene rings is 3. The lowest BCUT2D eigenvalue weighted by Gasteiger charge is -2.28. The first-order valence-electron chi connectivity index (χ1n) is 11.3. The Hall–Kier alpha value is -3.88. The van der Waals surface area contributed by atoms with E-state index in [0.717, 1.165) is 42.6 Å². The summed E-state index contributed by atoms with van der Waals surface area (Å²) in [5.74, 6) is 0.862. The van der Waals surface area contributed by atoms with Crippen LogP contribution in [0.4, 0.5) is 11.4 Å². The molecule has 1 aliphatic heterocycles. The molecule has 1 amide bonds. The average Bonchev–Trinajstić information content (AvgIpc) is 2.92. The zero-order valence-corrected chi connectivity index (χ0v) is 19.8. The minimum atomic E-state index is -0.193. The highest BCUT2D eigenvalue weighted by Gasteiger charge is 2.17. The first-order valence-corrected chi connectivity index (χ1v) is 12.1. The Labute approximate surface area is 208 Å². The summed E-state index contributed by atoms with van der Waals surface area (Å²) in [7, 11) is 0. The monoisotopic (exact) mass is 484 g/mol. The van der Waals surface area contributed by atoms with Crippen LogP contribution in [0.2, 0.25) is 0 Å². The zero-order chi connectivity index (χ0) is 23.9. The molecule has 4 aromatic rings. The molecule has 1 saturated heterocycles. The minimum absolute atomic E-state index is 0.193. The normalized spacial score (nSPS) is 13.3. The molecule has 3 aromatic carbocycles. The van der Waals surface area contributed by atoms with Crippen molar-refractivity contribution in [3.05, 3.63) is 96.8 Å². The van der Waals surface area contributed by atoms with E-state index in [9.17, 15) is 4.79 Å². The molecular formula is C27H24N4O3S. The first-order chi connectivity index (χ1) is 17.3. The number of amides is 1. The van der Waals surface area contributed by atoms with Gasteiger partial charge in [0, 0.05) is 41.8 Å². The maximum absolute atomic E-state index is 13.2. The van der Waals surface area contributed by atoms with Crippen molar-refractivity contribution in [1.82, 2.24) is 9.97 Å². The minimum Gasteiger partial charge on any atom is -0.437 e. The number of hydrogen-bond donors (Lipinski definition) is 1. The van der Waals surface area contributed by atoms with Crippen molar-refractivity contribution in [2.45, 2.75) is 9.92 Å². The van der Waals surface area contributed by atoms with Crippen LogP contribution in [0, 0.1) is 0 Å². The van der Waals surface area contributed by atoms with E-state index in [1.165, 1.54) is 11.8 Å². The number of nitrogens with one attached hydrogen (secondary N) is 1. The van der Waals surface area contributed by atoms with Crippen LogP contribution in [0.1, 0.15) is 10.4 Å². The zero-order valence-electron chi connectivity index (χ0n) is 19.0. The van der Waals surface area contributed by atoms with E-state index in [1.54, 1.807) is 18.5 Å². The van der Waals surface area contributed by atoms with Crippen LogP contribution in [0.5, 0.6) is 11.6 Å². The largest absolute Gasteiger partial charge is 0.437 e. The fraction of sp³-hybridized carbons (Fsp3) is 0.148. The summed E-state index contributed by atoms with van der Waals surface area (Å²) in [5.41, 5.74) is 2.40. The second-order valence-corrected chi connectivity index (χ2v) is 8.81. The maximum atomic E-state index is 13.2. The number of rotatable bonds is 7. The summed E-state index contributed by atoms with van der Waals surface area (Å²) < 4.78 is 11.4. The molecule has 2 heterocycles. The summed E-state index contributed by atoms with van der Waals surface area (Å²) in [6.45, 7) is 3.21. The molecule has 1 N–H and O–H groups in total. The smallest absolute Gasteiger partial charge is 0.256 e. The van der Waals surface area contributed by atoms with E-state index in [4.69, 9.17) is 9.47 Å². The second kappa shape index (κ2) is 11.0. The predicted octanol–water partition coefficient (Wildman–Crippen LogP) is 5.51. The Balaban J connectivity index is 1.31. The van der Waals surface area contributed by atoms with Crippen molar-refractivity contribution in [2.24, 2.45) is 0 Å². The van der Waals surface area contributed by atoms with Gasteiger partial charge in [0.15, 0.2) is 5.03 Å². The molecule has 1 fully saturated rings. The fourth-order valence-corrected chi connectivity index (χ4v) is 4.60. The Bertz CT molecular complexity index is 1280. The van der Waals surface area contributed by atoms with Crippen molar-refractivity contribution in [2.75, 3.05) is 36.5 Å². The highest BCUT2D eigenvalue weighted by Crippen LogP contribution is 2.35. The van der Waals surface area contributed by atoms with Gasteiger partial charge >= 0.3 is 0 Å². The van der Waals surface area contributed by atoms with Gasteiger partial charge < -0.3 is 19.7 Å². The summed E-state index contributed by atoms with van der Waals surface area (Å²) in [4.78, 5) is 25.0. The lowest BCUT2D eigenvalue weighted by molar-refractivity contribution is 0.102. The van der Waals surface area contributed by atoms with Gasteiger partial charge in [-0.3, -0.25) is 4.79 Å². The van der Waals surface area contributed by atoms with Crippen LogP contribution in [0.25, 0.3) is 0 Å². The van der Waals surface area contributed by atoms with Crippen LogP contribution in [-0.4, -0.2) is 42.2 Å². The van der Waals surface area contributed by atoms with Crippen molar-refractivity contribution in [1.29, 1.82) is 0 Å². The molecule has 0 saturated carbocycles. The van der Waals surface area contributed by atoms with Crippen LogP contribution in [0.15, 0.2) is 101 Å². The molecule has 0 unspecified atom stereocenters. The molecule has 0 radical (unpaired) electrons. The maximum Gasteiger partial charge on any atom is 0.256 e. The summed E-state index contributed by atoms with van der Waals surface area (Å²) in [6, 6.07) is 24.7. The van der Waals surface area contributed by atoms with Gasteiger partial charge in [-0.25, -0.2) is 9.97 Å². The molecule has 0 aliphatic carbocycles. The number of nitrogens with zero attached hydrogens (tertiary/aromatic N) is 3. The van der Waals surface area contributed by atoms with Gasteiger partial charge in [0.2, 0.25) is 0 Å². The predicted molar refractivity (Wildman–Crippen MR) is 137 cm³/mol. The van der Waals surface area contributed by atoms with Gasteiger partial charge in [0.25, 0.3) is 11.8 Å². The molecule has 7 nitrogen and oxygen atoms in total. The molecule has 35 heavy (non-hydrogen) atoms. The molecule has 0 bridgehead atoms. The summed E-state index contributed by atoms with van der Waals surface area (Å²) in [6.07, 6.45) is 3.19. The Kier molecular flexibility index (Phi) is 7.21. The number of anilines is 2. The topological polar surface area (TPSA) is 76.6 Å². The molecule has 1 aliphatic rings. The number of carbonyl (C=O) groups is 1. The molecule has 5 rings (SSSR count). The third-order valence-electron chi connectivity index (χ3n) is 5.43. The van der Waals surface area contributed by atoms with E-state index in [2.05, 4.69) is 20.2 Å². The van der Waals surface area contributed by atoms with Crippen LogP contribution < -0.4 is 15.0 Å². The third kappa shape index (κ3) is 5.79. The van der Waals surface area contributed by atoms with Gasteiger partial charge in [-0.05, 0) is 48.5 Å². The van der Waals surface area contributed by atoms with E-state index in [1.807, 2.05) is 72.8 Å². The Morgan fingerprint density at radius 3 is 2.40 bits per heavy atom. The lowest BCUT2D eigenvalue weighted by atomic mass is 10.2. The first kappa shape index (κ1) is 22.9. The van der Waals surface area contributed by atoms with Gasteiger partial charge in [-0.15, -0.1) is 0 Å². The van der Waals surface area contributed by atoms with E-state index in [0.29, 0.717) is 22.2 Å². The summed E-state index contributed by atoms with van der Waals surface area (Å²) in [5, 5.41) is 3.58. The van der Waals surface area contributed by atoms with Gasteiger partial charge in [-0.1, -0.05) is 42.1 Å². The van der Waals surface area contributed by atoms with Crippen molar-refractivity contribution < 1.29 is 14.3 Å². The molecule has 1 aromatic heterocycles. The molecule has 8 heteroatoms. The molecular weight excluding hydrogens is 460 g/mol. The summed E-state index contributed by atoms with van der Waals surface area (Å²) >= 11 is 1.34. The van der Waals surface area contributed by atoms with Gasteiger partial charge in [0.1, 0.15) is 5.75 Å². The molecule has 0 atom stereocenters. The number of ether oxygens (including phenoxy) is 2. The van der Waals surface area contributed by atoms with Crippen LogP contribution >= 0.6 is 11.8 Å². The number of aromatic nitrogens is 2. The quantitative estimate of drug-likeness (QED) is 0.371. The molecule has 0 spiro atoms. The fourth-order valence-electron chi connectivity index (χ4n) is 3.68. The second-order valence-electron chi connectivity index (χ2n) is 7.78. The van der Waals surface area contributed by atoms with Gasteiger partial charge in [0.05, 0.1) is 18.8 Å². The third-order valence-corrected chi connectivity index (χ3v) is 6.48. The van der Waals surface area contributed by atoms with Crippen molar-refractivity contribution in [3.63, 3.8) is 0 Å². The van der Waals surface area contributed by atoms with E-state index in [-0.39, 0.29) is 5.91 Å². The SMILES string of the molecule is O=C(Nc1ccc(N2CCOCC2)cc1)c1ccccc1Sc1nccnc1Oc1ccccc1. The highest BCUT2D eigenvalue weighted by molar-refractivity contribution is 7.99. The molecule has 176 valence electrons. The van der Waals surface area contributed by atoms with Crippen LogP contribution in [-0.2, 0) is 4.74 Å². The average molecular weight is 485 g/mol. The number of carbonyl (C=O) groups excluding carboxylic acids is 1. The standard InChI is InChI=1S/C27H24N4O3S/c32-25(30-20-10-12-21(13-11-20)31-16-18-33-19-17-31)23-8-4-5-9-24(23)35-27-26(28-14-15-29-27)34-22-6-2-1-3-7-22/h1-15H,16-19H2,(H,30,32). The number of hydrogen-bond acceptors (Lipinski definition) is 7. The van der Waals surface area contributed by atoms with E-state index >= 15 is 0 Å². The Morgan fingerprint density at radius 2 is 1.60 bits per heavy atom. The van der Waals surface area contributed by atoms with Crippen molar-refractivity contribution >= 4 is 29.0 Å². The highest BCUT2D eigenvalue weighted by atomic mass is 32.2. The van der Waals surface area contributed by atoms with Gasteiger partial charge in [-0.2, -0.15) is 0 Å². The lowest BCUT2D eigenvalue weighted by Crippen LogP contribution is -2.36. The number of para-hydroxylation sites is 1. The Morgan fingerprint density at radius 1 is 0.886 bits per heavy atom.